The zero-order valence-electron chi connectivity index (χ0n) is 25.2. The fourth-order valence-corrected chi connectivity index (χ4v) is 6.65. The van der Waals surface area contributed by atoms with Gasteiger partial charge in [0.25, 0.3) is 11.8 Å². The van der Waals surface area contributed by atoms with Crippen LogP contribution >= 0.6 is 11.3 Å². The van der Waals surface area contributed by atoms with Crippen molar-refractivity contribution in [2.75, 3.05) is 0 Å². The quantitative estimate of drug-likeness (QED) is 0.167. The second-order valence-electron chi connectivity index (χ2n) is 11.8. The van der Waals surface area contributed by atoms with Crippen LogP contribution < -0.4 is 11.1 Å². The van der Waals surface area contributed by atoms with Crippen LogP contribution in [0.4, 0.5) is 13.2 Å². The Morgan fingerprint density at radius 3 is 2.41 bits per heavy atom. The minimum atomic E-state index is -1.00. The first-order valence-corrected chi connectivity index (χ1v) is 15.6. The van der Waals surface area contributed by atoms with Gasteiger partial charge >= 0.3 is 0 Å². The normalized spacial score (nSPS) is 15.7. The zero-order valence-corrected chi connectivity index (χ0v) is 26.1. The Bertz CT molecular complexity index is 1950. The molecular weight excluding hydrogens is 615 g/mol. The van der Waals surface area contributed by atoms with Gasteiger partial charge in [-0.1, -0.05) is 32.0 Å². The Kier molecular flexibility index (Phi) is 8.47. The molecule has 6 rings (SSSR count). The Balaban J connectivity index is 1.46. The van der Waals surface area contributed by atoms with Gasteiger partial charge in [0.1, 0.15) is 5.82 Å². The number of nitrogens with zero attached hydrogens (tertiary/aromatic N) is 3. The first-order chi connectivity index (χ1) is 22.0. The van der Waals surface area contributed by atoms with Crippen LogP contribution in [-0.2, 0) is 13.0 Å². The fraction of sp³-hybridized carbons (Fsp3) is 0.265. The lowest BCUT2D eigenvalue weighted by atomic mass is 9.91. The number of primary amides is 1. The van der Waals surface area contributed by atoms with E-state index in [0.29, 0.717) is 50.1 Å². The molecule has 0 unspecified atom stereocenters. The van der Waals surface area contributed by atoms with Crippen molar-refractivity contribution in [2.45, 2.75) is 52.0 Å². The van der Waals surface area contributed by atoms with E-state index in [4.69, 9.17) is 15.1 Å². The van der Waals surface area contributed by atoms with Crippen molar-refractivity contribution in [1.29, 1.82) is 0 Å². The number of hydrogen-bond acceptors (Lipinski definition) is 7. The fourth-order valence-electron chi connectivity index (χ4n) is 5.67. The number of rotatable bonds is 10. The number of halogens is 3. The summed E-state index contributed by atoms with van der Waals surface area (Å²) in [5.41, 5.74) is 9.70. The summed E-state index contributed by atoms with van der Waals surface area (Å²) >= 11 is 1.14. The molecule has 5 aromatic rings. The Labute approximate surface area is 266 Å². The molecule has 2 atom stereocenters. The summed E-state index contributed by atoms with van der Waals surface area (Å²) in [6.07, 6.45) is 1.19. The molecule has 236 valence electrons. The molecule has 2 amide bonds. The van der Waals surface area contributed by atoms with Crippen LogP contribution in [0.15, 0.2) is 59.0 Å². The van der Waals surface area contributed by atoms with Gasteiger partial charge < -0.3 is 15.5 Å². The van der Waals surface area contributed by atoms with Crippen molar-refractivity contribution in [3.05, 3.63) is 111 Å². The average molecular weight is 646 g/mol. The number of thiophene rings is 1. The van der Waals surface area contributed by atoms with Gasteiger partial charge in [0.2, 0.25) is 11.8 Å². The number of aromatic nitrogens is 3. The predicted octanol–water partition coefficient (Wildman–Crippen LogP) is 7.08. The monoisotopic (exact) mass is 645 g/mol. The van der Waals surface area contributed by atoms with E-state index in [0.717, 1.165) is 35.5 Å². The maximum atomic E-state index is 13.7. The van der Waals surface area contributed by atoms with Crippen LogP contribution in [0.25, 0.3) is 21.9 Å². The van der Waals surface area contributed by atoms with Crippen LogP contribution in [0.2, 0.25) is 0 Å². The Morgan fingerprint density at radius 1 is 1.00 bits per heavy atom. The molecule has 1 aliphatic carbocycles. The van der Waals surface area contributed by atoms with Gasteiger partial charge in [0.05, 0.1) is 27.4 Å². The summed E-state index contributed by atoms with van der Waals surface area (Å²) in [4.78, 5) is 32.3. The number of aryl methyl sites for hydroxylation is 1. The first-order valence-electron chi connectivity index (χ1n) is 14.7. The Morgan fingerprint density at radius 2 is 1.76 bits per heavy atom. The SMILES string of the molecule is Cc1nnc(-c2c([C@H]3C[C@H]3c3ccc(F)cc3)nc(CC(C)C)c(C(N)=O)c2-c2ccc(C(=O)NCc3ccc(F)c(F)c3)s2)o1. The molecule has 2 aromatic carbocycles. The highest BCUT2D eigenvalue weighted by Gasteiger charge is 2.44. The van der Waals surface area contributed by atoms with E-state index in [2.05, 4.69) is 15.5 Å². The number of hydrogen-bond donors (Lipinski definition) is 2. The van der Waals surface area contributed by atoms with Crippen LogP contribution in [0.5, 0.6) is 0 Å². The van der Waals surface area contributed by atoms with Gasteiger partial charge in [-0.05, 0) is 72.2 Å². The highest BCUT2D eigenvalue weighted by atomic mass is 32.1. The van der Waals surface area contributed by atoms with Crippen LogP contribution in [0.3, 0.4) is 0 Å². The molecular formula is C34H30F3N5O3S. The van der Waals surface area contributed by atoms with Crippen molar-refractivity contribution < 1.29 is 27.2 Å². The van der Waals surface area contributed by atoms with E-state index in [-0.39, 0.29) is 41.6 Å². The molecule has 8 nitrogen and oxygen atoms in total. The second kappa shape index (κ2) is 12.5. The number of nitrogens with one attached hydrogen (secondary N) is 1. The molecule has 0 radical (unpaired) electrons. The van der Waals surface area contributed by atoms with Gasteiger partial charge in [-0.2, -0.15) is 0 Å². The predicted molar refractivity (Wildman–Crippen MR) is 167 cm³/mol. The standard InChI is InChI=1S/C34H30F3N5O3S/c1-16(2)12-25-28(32(38)43)29(26-10-11-27(46-26)33(44)39-15-18-4-9-23(36)24(37)13-18)30(34-42-41-17(3)45-34)31(40-25)22-14-21(22)19-5-7-20(35)8-6-19/h4-11,13,16,21-22H,12,14-15H2,1-3H3,(H2,38,43)(H,39,44)/t21-,22-/m0/s1. The van der Waals surface area contributed by atoms with Gasteiger partial charge in [-0.3, -0.25) is 14.6 Å². The minimum Gasteiger partial charge on any atom is -0.421 e. The van der Waals surface area contributed by atoms with Crippen molar-refractivity contribution in [3.63, 3.8) is 0 Å². The first kappa shape index (κ1) is 31.2. The molecule has 3 heterocycles. The summed E-state index contributed by atoms with van der Waals surface area (Å²) in [5.74, 6) is -2.85. The summed E-state index contributed by atoms with van der Waals surface area (Å²) in [6, 6.07) is 13.1. The lowest BCUT2D eigenvalue weighted by Gasteiger charge is -2.19. The van der Waals surface area contributed by atoms with E-state index in [1.165, 1.54) is 18.2 Å². The maximum Gasteiger partial charge on any atom is 0.261 e. The number of amides is 2. The molecule has 1 saturated carbocycles. The van der Waals surface area contributed by atoms with E-state index in [1.807, 2.05) is 13.8 Å². The summed E-state index contributed by atoms with van der Waals surface area (Å²) in [7, 11) is 0. The van der Waals surface area contributed by atoms with Crippen LogP contribution in [0, 0.1) is 30.3 Å². The molecule has 3 N–H and O–H groups in total. The molecule has 1 fully saturated rings. The zero-order chi connectivity index (χ0) is 32.7. The highest BCUT2D eigenvalue weighted by Crippen LogP contribution is 2.57. The molecule has 46 heavy (non-hydrogen) atoms. The van der Waals surface area contributed by atoms with Gasteiger partial charge in [0.15, 0.2) is 11.6 Å². The van der Waals surface area contributed by atoms with E-state index >= 15 is 0 Å². The maximum absolute atomic E-state index is 13.7. The smallest absolute Gasteiger partial charge is 0.261 e. The highest BCUT2D eigenvalue weighted by molar-refractivity contribution is 7.17. The number of carbonyl (C=O) groups is 2. The van der Waals surface area contributed by atoms with Crippen LogP contribution in [-0.4, -0.2) is 27.0 Å². The third kappa shape index (κ3) is 6.30. The van der Waals surface area contributed by atoms with Crippen molar-refractivity contribution in [3.8, 4) is 21.9 Å². The van der Waals surface area contributed by atoms with E-state index in [9.17, 15) is 22.8 Å². The van der Waals surface area contributed by atoms with Crippen molar-refractivity contribution in [1.82, 2.24) is 20.5 Å². The van der Waals surface area contributed by atoms with Gasteiger partial charge in [-0.25, -0.2) is 13.2 Å². The molecule has 0 bridgehead atoms. The molecule has 12 heteroatoms. The van der Waals surface area contributed by atoms with E-state index in [1.54, 1.807) is 31.2 Å². The Hall–Kier alpha value is -4.84. The minimum absolute atomic E-state index is 0.0211. The molecule has 0 spiro atoms. The lowest BCUT2D eigenvalue weighted by molar-refractivity contribution is 0.0953. The molecule has 3 aromatic heterocycles. The average Bonchev–Trinajstić information content (AvgIpc) is 3.42. The van der Waals surface area contributed by atoms with Gasteiger partial charge in [-0.15, -0.1) is 21.5 Å². The largest absolute Gasteiger partial charge is 0.421 e. The van der Waals surface area contributed by atoms with Gasteiger partial charge in [0, 0.05) is 29.8 Å². The van der Waals surface area contributed by atoms with Crippen molar-refractivity contribution in [2.24, 2.45) is 11.7 Å². The molecule has 0 saturated heterocycles. The topological polar surface area (TPSA) is 124 Å². The molecule has 1 aliphatic rings. The lowest BCUT2D eigenvalue weighted by Crippen LogP contribution is -2.21. The third-order valence-corrected chi connectivity index (χ3v) is 8.94. The van der Waals surface area contributed by atoms with E-state index < -0.39 is 23.4 Å². The number of pyridine rings is 1. The van der Waals surface area contributed by atoms with Crippen molar-refractivity contribution >= 4 is 23.2 Å². The summed E-state index contributed by atoms with van der Waals surface area (Å²) in [5, 5.41) is 11.1. The number of carbonyl (C=O) groups excluding carboxylic acids is 2. The second-order valence-corrected chi connectivity index (χ2v) is 12.8. The number of nitrogens with two attached hydrogens (primary N) is 1. The summed E-state index contributed by atoms with van der Waals surface area (Å²) < 4.78 is 46.7. The number of benzene rings is 2. The molecule has 0 aliphatic heterocycles. The third-order valence-electron chi connectivity index (χ3n) is 7.84. The van der Waals surface area contributed by atoms with Crippen LogP contribution in [0.1, 0.15) is 80.5 Å². The summed E-state index contributed by atoms with van der Waals surface area (Å²) in [6.45, 7) is 5.66.